The highest BCUT2D eigenvalue weighted by Crippen LogP contribution is 2.25. The van der Waals surface area contributed by atoms with E-state index in [-0.39, 0.29) is 11.7 Å². The molecule has 1 N–H and O–H groups in total. The van der Waals surface area contributed by atoms with Gasteiger partial charge < -0.3 is 10.0 Å². The van der Waals surface area contributed by atoms with Gasteiger partial charge in [0.1, 0.15) is 5.75 Å². The normalized spacial score (nSPS) is 24.1. The van der Waals surface area contributed by atoms with Gasteiger partial charge in [0.05, 0.1) is 0 Å². The van der Waals surface area contributed by atoms with Gasteiger partial charge in [-0.1, -0.05) is 6.92 Å². The van der Waals surface area contributed by atoms with Crippen LogP contribution in [-0.4, -0.2) is 28.5 Å². The Balaban J connectivity index is 2.20. The van der Waals surface area contributed by atoms with Crippen molar-refractivity contribution >= 4 is 5.91 Å². The predicted octanol–water partition coefficient (Wildman–Crippen LogP) is 2.96. The number of aromatic hydroxyl groups is 1. The molecule has 3 nitrogen and oxygen atoms in total. The highest BCUT2D eigenvalue weighted by Gasteiger charge is 2.28. The van der Waals surface area contributed by atoms with Crippen molar-refractivity contribution in [3.63, 3.8) is 0 Å². The molecule has 98 valence electrons. The zero-order chi connectivity index (χ0) is 13.3. The van der Waals surface area contributed by atoms with Crippen molar-refractivity contribution in [2.45, 2.75) is 39.7 Å². The molecule has 1 saturated heterocycles. The van der Waals surface area contributed by atoms with Crippen LogP contribution in [-0.2, 0) is 0 Å². The van der Waals surface area contributed by atoms with E-state index in [1.54, 1.807) is 18.2 Å². The number of amides is 1. The number of hydrogen-bond acceptors (Lipinski definition) is 2. The third-order valence-electron chi connectivity index (χ3n) is 3.84. The summed E-state index contributed by atoms with van der Waals surface area (Å²) in [6.45, 7) is 7.05. The zero-order valence-corrected chi connectivity index (χ0v) is 11.3. The van der Waals surface area contributed by atoms with E-state index in [0.29, 0.717) is 17.5 Å². The first kappa shape index (κ1) is 12.9. The number of benzene rings is 1. The molecule has 0 radical (unpaired) electrons. The maximum atomic E-state index is 12.5. The molecule has 18 heavy (non-hydrogen) atoms. The van der Waals surface area contributed by atoms with E-state index < -0.39 is 0 Å². The molecule has 1 aliphatic heterocycles. The number of phenols is 1. The van der Waals surface area contributed by atoms with Crippen LogP contribution < -0.4 is 0 Å². The lowest BCUT2D eigenvalue weighted by Gasteiger charge is -2.36. The number of carbonyl (C=O) groups excluding carboxylic acids is 1. The van der Waals surface area contributed by atoms with Crippen molar-refractivity contribution in [1.82, 2.24) is 4.90 Å². The second kappa shape index (κ2) is 5.01. The lowest BCUT2D eigenvalue weighted by molar-refractivity contribution is 0.0588. The van der Waals surface area contributed by atoms with Crippen molar-refractivity contribution in [3.8, 4) is 5.75 Å². The van der Waals surface area contributed by atoms with Crippen LogP contribution in [0.5, 0.6) is 5.75 Å². The van der Waals surface area contributed by atoms with Gasteiger partial charge in [-0.25, -0.2) is 0 Å². The highest BCUT2D eigenvalue weighted by atomic mass is 16.3. The summed E-state index contributed by atoms with van der Waals surface area (Å²) < 4.78 is 0. The molecule has 1 fully saturated rings. The van der Waals surface area contributed by atoms with Gasteiger partial charge >= 0.3 is 0 Å². The molecule has 0 spiro atoms. The maximum Gasteiger partial charge on any atom is 0.254 e. The van der Waals surface area contributed by atoms with Gasteiger partial charge in [0.2, 0.25) is 0 Å². The Hall–Kier alpha value is -1.51. The fourth-order valence-electron chi connectivity index (χ4n) is 2.75. The third kappa shape index (κ3) is 2.50. The van der Waals surface area contributed by atoms with Crippen LogP contribution in [0, 0.1) is 12.8 Å². The molecule has 0 aliphatic carbocycles. The van der Waals surface area contributed by atoms with E-state index in [0.717, 1.165) is 24.9 Å². The standard InChI is InChI=1S/C15H21NO2/c1-10-6-7-16(12(3)8-10)15(18)14-5-4-13(17)9-11(14)2/h4-5,9-10,12,17H,6-8H2,1-3H3. The Labute approximate surface area is 108 Å². The average Bonchev–Trinajstić information content (AvgIpc) is 2.28. The number of phenolic OH excluding ortho intramolecular Hbond substituents is 1. The van der Waals surface area contributed by atoms with E-state index in [2.05, 4.69) is 13.8 Å². The largest absolute Gasteiger partial charge is 0.508 e. The molecule has 1 amide bonds. The fourth-order valence-corrected chi connectivity index (χ4v) is 2.75. The third-order valence-corrected chi connectivity index (χ3v) is 3.84. The molecule has 2 atom stereocenters. The fraction of sp³-hybridized carbons (Fsp3) is 0.533. The van der Waals surface area contributed by atoms with Crippen molar-refractivity contribution in [2.24, 2.45) is 5.92 Å². The monoisotopic (exact) mass is 247 g/mol. The minimum Gasteiger partial charge on any atom is -0.508 e. The summed E-state index contributed by atoms with van der Waals surface area (Å²) in [5.41, 5.74) is 1.54. The first-order valence-electron chi connectivity index (χ1n) is 6.59. The number of carbonyl (C=O) groups is 1. The highest BCUT2D eigenvalue weighted by molar-refractivity contribution is 5.96. The number of rotatable bonds is 1. The Bertz CT molecular complexity index is 456. The predicted molar refractivity (Wildman–Crippen MR) is 71.7 cm³/mol. The Kier molecular flexibility index (Phi) is 3.60. The SMILES string of the molecule is Cc1cc(O)ccc1C(=O)N1CCC(C)CC1C. The molecule has 1 aromatic rings. The summed E-state index contributed by atoms with van der Waals surface area (Å²) in [6.07, 6.45) is 2.15. The summed E-state index contributed by atoms with van der Waals surface area (Å²) in [5, 5.41) is 9.39. The van der Waals surface area contributed by atoms with Gasteiger partial charge in [-0.3, -0.25) is 4.79 Å². The summed E-state index contributed by atoms with van der Waals surface area (Å²) in [4.78, 5) is 14.5. The summed E-state index contributed by atoms with van der Waals surface area (Å²) in [7, 11) is 0. The Morgan fingerprint density at radius 1 is 1.39 bits per heavy atom. The molecule has 2 rings (SSSR count). The smallest absolute Gasteiger partial charge is 0.254 e. The van der Waals surface area contributed by atoms with Crippen LogP contribution in [0.3, 0.4) is 0 Å². The van der Waals surface area contributed by atoms with Crippen LogP contribution >= 0.6 is 0 Å². The molecular weight excluding hydrogens is 226 g/mol. The lowest BCUT2D eigenvalue weighted by Crippen LogP contribution is -2.44. The Morgan fingerprint density at radius 3 is 2.72 bits per heavy atom. The minimum atomic E-state index is 0.0897. The van der Waals surface area contributed by atoms with E-state index in [1.165, 1.54) is 0 Å². The quantitative estimate of drug-likeness (QED) is 0.828. The van der Waals surface area contributed by atoms with Gasteiger partial charge in [-0.15, -0.1) is 0 Å². The average molecular weight is 247 g/mol. The van der Waals surface area contributed by atoms with E-state index in [4.69, 9.17) is 0 Å². The van der Waals surface area contributed by atoms with Crippen LogP contribution in [0.15, 0.2) is 18.2 Å². The summed E-state index contributed by atoms with van der Waals surface area (Å²) in [5.74, 6) is 1.00. The van der Waals surface area contributed by atoms with Gasteiger partial charge in [-0.05, 0) is 56.4 Å². The van der Waals surface area contributed by atoms with Crippen LogP contribution in [0.4, 0.5) is 0 Å². The van der Waals surface area contributed by atoms with Crippen molar-refractivity contribution in [2.75, 3.05) is 6.54 Å². The number of aryl methyl sites for hydroxylation is 1. The zero-order valence-electron chi connectivity index (χ0n) is 11.3. The second-order valence-corrected chi connectivity index (χ2v) is 5.48. The lowest BCUT2D eigenvalue weighted by atomic mass is 9.92. The van der Waals surface area contributed by atoms with Crippen LogP contribution in [0.1, 0.15) is 42.6 Å². The summed E-state index contributed by atoms with van der Waals surface area (Å²) in [6, 6.07) is 5.24. The molecule has 0 saturated carbocycles. The minimum absolute atomic E-state index is 0.0897. The van der Waals surface area contributed by atoms with E-state index >= 15 is 0 Å². The molecule has 1 aliphatic rings. The van der Waals surface area contributed by atoms with Crippen LogP contribution in [0.2, 0.25) is 0 Å². The number of nitrogens with zero attached hydrogens (tertiary/aromatic N) is 1. The van der Waals surface area contributed by atoms with Gasteiger partial charge in [0.25, 0.3) is 5.91 Å². The number of likely N-dealkylation sites (tertiary alicyclic amines) is 1. The van der Waals surface area contributed by atoms with Crippen molar-refractivity contribution in [3.05, 3.63) is 29.3 Å². The number of piperidine rings is 1. The Morgan fingerprint density at radius 2 is 2.11 bits per heavy atom. The van der Waals surface area contributed by atoms with Gasteiger partial charge in [-0.2, -0.15) is 0 Å². The molecule has 1 aromatic carbocycles. The molecule has 2 unspecified atom stereocenters. The first-order chi connectivity index (χ1) is 8.49. The van der Waals surface area contributed by atoms with Gasteiger partial charge in [0, 0.05) is 18.2 Å². The van der Waals surface area contributed by atoms with Crippen molar-refractivity contribution < 1.29 is 9.90 Å². The topological polar surface area (TPSA) is 40.5 Å². The molecule has 1 heterocycles. The van der Waals surface area contributed by atoms with E-state index in [1.807, 2.05) is 11.8 Å². The van der Waals surface area contributed by atoms with Crippen molar-refractivity contribution in [1.29, 1.82) is 0 Å². The van der Waals surface area contributed by atoms with Crippen LogP contribution in [0.25, 0.3) is 0 Å². The number of hydrogen-bond donors (Lipinski definition) is 1. The maximum absolute atomic E-state index is 12.5. The summed E-state index contributed by atoms with van der Waals surface area (Å²) >= 11 is 0. The first-order valence-corrected chi connectivity index (χ1v) is 6.59. The molecule has 0 aromatic heterocycles. The second-order valence-electron chi connectivity index (χ2n) is 5.48. The molecule has 3 heteroatoms. The van der Waals surface area contributed by atoms with E-state index in [9.17, 15) is 9.90 Å². The molecular formula is C15H21NO2. The molecule has 0 bridgehead atoms. The van der Waals surface area contributed by atoms with Gasteiger partial charge in [0.15, 0.2) is 0 Å².